The van der Waals surface area contributed by atoms with Crippen LogP contribution in [-0.4, -0.2) is 21.5 Å². The molecular formula is C16H13F3N4OS. The Morgan fingerprint density at radius 3 is 2.48 bits per heavy atom. The Morgan fingerprint density at radius 1 is 1.08 bits per heavy atom. The predicted molar refractivity (Wildman–Crippen MR) is 88.3 cm³/mol. The molecule has 0 aliphatic rings. The molecule has 3 rings (SSSR count). The molecule has 130 valence electrons. The van der Waals surface area contributed by atoms with E-state index >= 15 is 0 Å². The van der Waals surface area contributed by atoms with Crippen LogP contribution in [0.1, 0.15) is 18.5 Å². The van der Waals surface area contributed by atoms with E-state index in [-0.39, 0.29) is 11.8 Å². The van der Waals surface area contributed by atoms with Gasteiger partial charge in [-0.2, -0.15) is 0 Å². The van der Waals surface area contributed by atoms with Crippen molar-refractivity contribution >= 4 is 16.5 Å². The van der Waals surface area contributed by atoms with Gasteiger partial charge in [-0.05, 0) is 36.8 Å². The van der Waals surface area contributed by atoms with Crippen molar-refractivity contribution in [3.63, 3.8) is 0 Å². The van der Waals surface area contributed by atoms with Crippen LogP contribution in [0.4, 0.5) is 18.3 Å². The molecule has 0 saturated heterocycles. The number of hydrogen-bond donors (Lipinski definition) is 1. The number of halogens is 3. The third-order valence-corrected chi connectivity index (χ3v) is 4.14. The van der Waals surface area contributed by atoms with Crippen LogP contribution in [-0.2, 0) is 0 Å². The molecule has 0 bridgehead atoms. The third-order valence-electron chi connectivity index (χ3n) is 3.26. The van der Waals surface area contributed by atoms with Gasteiger partial charge >= 0.3 is 6.36 Å². The fourth-order valence-electron chi connectivity index (χ4n) is 2.10. The Labute approximate surface area is 145 Å². The number of anilines is 1. The molecule has 2 aromatic heterocycles. The number of alkyl halides is 3. The maximum atomic E-state index is 12.2. The minimum atomic E-state index is -4.69. The van der Waals surface area contributed by atoms with E-state index in [0.717, 1.165) is 11.3 Å². The Morgan fingerprint density at radius 2 is 1.84 bits per heavy atom. The first kappa shape index (κ1) is 17.2. The largest absolute Gasteiger partial charge is 0.573 e. The minimum Gasteiger partial charge on any atom is -0.406 e. The van der Waals surface area contributed by atoms with Crippen molar-refractivity contribution in [2.45, 2.75) is 19.3 Å². The Hall–Kier alpha value is -2.68. The van der Waals surface area contributed by atoms with Gasteiger partial charge in [-0.15, -0.1) is 23.4 Å². The van der Waals surface area contributed by atoms with Crippen LogP contribution in [0, 0.1) is 0 Å². The first-order valence-corrected chi connectivity index (χ1v) is 8.09. The molecule has 9 heteroatoms. The summed E-state index contributed by atoms with van der Waals surface area (Å²) >= 11 is 1.35. The third kappa shape index (κ3) is 4.66. The number of aromatic nitrogens is 3. The summed E-state index contributed by atoms with van der Waals surface area (Å²) in [7, 11) is 0. The molecule has 0 radical (unpaired) electrons. The highest BCUT2D eigenvalue weighted by Gasteiger charge is 2.31. The van der Waals surface area contributed by atoms with Gasteiger partial charge in [0, 0.05) is 6.20 Å². The van der Waals surface area contributed by atoms with Crippen molar-refractivity contribution in [3.8, 4) is 16.5 Å². The highest BCUT2D eigenvalue weighted by Crippen LogP contribution is 2.29. The number of hydrogen-bond acceptors (Lipinski definition) is 6. The van der Waals surface area contributed by atoms with Crippen molar-refractivity contribution in [2.24, 2.45) is 0 Å². The smallest absolute Gasteiger partial charge is 0.406 e. The maximum absolute atomic E-state index is 12.2. The summed E-state index contributed by atoms with van der Waals surface area (Å²) in [5.74, 6) is -0.253. The lowest BCUT2D eigenvalue weighted by Crippen LogP contribution is -2.17. The average Bonchev–Trinajstić information content (AvgIpc) is 3.03. The zero-order valence-corrected chi connectivity index (χ0v) is 13.8. The van der Waals surface area contributed by atoms with E-state index in [0.29, 0.717) is 10.1 Å². The van der Waals surface area contributed by atoms with Crippen LogP contribution in [0.2, 0.25) is 0 Å². The summed E-state index contributed by atoms with van der Waals surface area (Å²) in [5, 5.41) is 12.6. The molecule has 1 atom stereocenters. The van der Waals surface area contributed by atoms with Gasteiger partial charge in [0.2, 0.25) is 5.13 Å². The Balaban J connectivity index is 1.66. The van der Waals surface area contributed by atoms with Gasteiger partial charge in [0.1, 0.15) is 11.4 Å². The summed E-state index contributed by atoms with van der Waals surface area (Å²) in [4.78, 5) is 4.21. The zero-order chi connectivity index (χ0) is 17.9. The van der Waals surface area contributed by atoms with Crippen LogP contribution in [0.15, 0.2) is 48.7 Å². The molecule has 3 aromatic rings. The molecule has 0 spiro atoms. The average molecular weight is 366 g/mol. The van der Waals surface area contributed by atoms with E-state index in [1.807, 2.05) is 25.1 Å². The molecular weight excluding hydrogens is 353 g/mol. The summed E-state index contributed by atoms with van der Waals surface area (Å²) in [6.45, 7) is 1.88. The fourth-order valence-corrected chi connectivity index (χ4v) is 2.91. The highest BCUT2D eigenvalue weighted by atomic mass is 32.1. The van der Waals surface area contributed by atoms with Gasteiger partial charge in [-0.3, -0.25) is 4.98 Å². The molecule has 1 N–H and O–H groups in total. The quantitative estimate of drug-likeness (QED) is 0.711. The Kier molecular flexibility index (Phi) is 4.84. The van der Waals surface area contributed by atoms with Crippen LogP contribution in [0.3, 0.4) is 0 Å². The van der Waals surface area contributed by atoms with E-state index in [4.69, 9.17) is 0 Å². The van der Waals surface area contributed by atoms with Crippen molar-refractivity contribution in [2.75, 3.05) is 5.32 Å². The molecule has 0 unspecified atom stereocenters. The zero-order valence-electron chi connectivity index (χ0n) is 13.0. The lowest BCUT2D eigenvalue weighted by molar-refractivity contribution is -0.274. The summed E-state index contributed by atoms with van der Waals surface area (Å²) in [5.41, 5.74) is 1.53. The number of rotatable bonds is 5. The summed E-state index contributed by atoms with van der Waals surface area (Å²) in [6.07, 6.45) is -3.02. The Bertz CT molecular complexity index is 821. The molecule has 0 fully saturated rings. The summed E-state index contributed by atoms with van der Waals surface area (Å²) < 4.78 is 40.4. The molecule has 25 heavy (non-hydrogen) atoms. The van der Waals surface area contributed by atoms with Crippen LogP contribution in [0.5, 0.6) is 5.75 Å². The molecule has 0 saturated carbocycles. The van der Waals surface area contributed by atoms with Gasteiger partial charge in [-0.25, -0.2) is 0 Å². The second kappa shape index (κ2) is 7.06. The first-order valence-electron chi connectivity index (χ1n) is 7.28. The number of nitrogens with one attached hydrogen (secondary N) is 1. The predicted octanol–water partition coefficient (Wildman–Crippen LogP) is 4.67. The van der Waals surface area contributed by atoms with Crippen molar-refractivity contribution in [1.82, 2.24) is 15.2 Å². The normalized spacial score (nSPS) is 12.6. The standard InChI is InChI=1S/C16H13F3N4OS/c1-10(11-5-7-12(8-6-11)24-16(17,18)19)21-15-23-22-14(25-15)13-4-2-3-9-20-13/h2-10H,1H3,(H,21,23)/t10-/m0/s1. The second-order valence-electron chi connectivity index (χ2n) is 5.11. The first-order chi connectivity index (χ1) is 11.9. The number of ether oxygens (including phenoxy) is 1. The van der Waals surface area contributed by atoms with Gasteiger partial charge in [0.15, 0.2) is 5.01 Å². The molecule has 5 nitrogen and oxygen atoms in total. The molecule has 1 aromatic carbocycles. The number of benzene rings is 1. The highest BCUT2D eigenvalue weighted by molar-refractivity contribution is 7.18. The SMILES string of the molecule is C[C@H](Nc1nnc(-c2ccccn2)s1)c1ccc(OC(F)(F)F)cc1. The maximum Gasteiger partial charge on any atom is 0.573 e. The number of nitrogens with zero attached hydrogens (tertiary/aromatic N) is 3. The van der Waals surface area contributed by atoms with Gasteiger partial charge in [0.05, 0.1) is 6.04 Å². The van der Waals surface area contributed by atoms with Crippen LogP contribution in [0.25, 0.3) is 10.7 Å². The van der Waals surface area contributed by atoms with Gasteiger partial charge in [0.25, 0.3) is 0 Å². The van der Waals surface area contributed by atoms with Crippen molar-refractivity contribution in [1.29, 1.82) is 0 Å². The van der Waals surface area contributed by atoms with E-state index in [9.17, 15) is 13.2 Å². The molecule has 0 aliphatic carbocycles. The van der Waals surface area contributed by atoms with Crippen LogP contribution >= 0.6 is 11.3 Å². The van der Waals surface area contributed by atoms with Gasteiger partial charge < -0.3 is 10.1 Å². The number of pyridine rings is 1. The van der Waals surface area contributed by atoms with E-state index in [2.05, 4.69) is 25.2 Å². The topological polar surface area (TPSA) is 59.9 Å². The second-order valence-corrected chi connectivity index (χ2v) is 6.09. The lowest BCUT2D eigenvalue weighted by Gasteiger charge is -2.14. The lowest BCUT2D eigenvalue weighted by atomic mass is 10.1. The summed E-state index contributed by atoms with van der Waals surface area (Å²) in [6, 6.07) is 11.1. The van der Waals surface area contributed by atoms with E-state index < -0.39 is 6.36 Å². The van der Waals surface area contributed by atoms with Crippen molar-refractivity contribution < 1.29 is 17.9 Å². The molecule has 0 amide bonds. The minimum absolute atomic E-state index is 0.163. The fraction of sp³-hybridized carbons (Fsp3) is 0.188. The molecule has 2 heterocycles. The molecule has 0 aliphatic heterocycles. The van der Waals surface area contributed by atoms with Gasteiger partial charge in [-0.1, -0.05) is 29.5 Å². The van der Waals surface area contributed by atoms with Crippen LogP contribution < -0.4 is 10.1 Å². The van der Waals surface area contributed by atoms with E-state index in [1.54, 1.807) is 18.3 Å². The van der Waals surface area contributed by atoms with Crippen molar-refractivity contribution in [3.05, 3.63) is 54.2 Å². The monoisotopic (exact) mass is 366 g/mol. The van der Waals surface area contributed by atoms with E-state index in [1.165, 1.54) is 23.5 Å².